The van der Waals surface area contributed by atoms with E-state index in [0.29, 0.717) is 29.1 Å². The summed E-state index contributed by atoms with van der Waals surface area (Å²) in [5.74, 6) is -0.538. The Morgan fingerprint density at radius 2 is 1.77 bits per heavy atom. The van der Waals surface area contributed by atoms with E-state index in [4.69, 9.17) is 10.3 Å². The van der Waals surface area contributed by atoms with E-state index in [-0.39, 0.29) is 22.2 Å². The molecule has 0 unspecified atom stereocenters. The van der Waals surface area contributed by atoms with Gasteiger partial charge in [-0.1, -0.05) is 36.4 Å². The second kappa shape index (κ2) is 9.84. The molecule has 194 valence electrons. The van der Waals surface area contributed by atoms with Crippen molar-refractivity contribution in [2.24, 2.45) is 12.8 Å². The van der Waals surface area contributed by atoms with E-state index in [0.717, 1.165) is 22.2 Å². The van der Waals surface area contributed by atoms with Crippen LogP contribution in [0.3, 0.4) is 0 Å². The van der Waals surface area contributed by atoms with Gasteiger partial charge >= 0.3 is 0 Å². The number of rotatable bonds is 6. The van der Waals surface area contributed by atoms with Crippen molar-refractivity contribution in [3.8, 4) is 28.5 Å². The third kappa shape index (κ3) is 4.38. The fourth-order valence-corrected chi connectivity index (χ4v) is 4.93. The van der Waals surface area contributed by atoms with Crippen molar-refractivity contribution >= 4 is 28.4 Å². The van der Waals surface area contributed by atoms with E-state index in [9.17, 15) is 19.6 Å². The summed E-state index contributed by atoms with van der Waals surface area (Å²) in [6.07, 6.45) is 0. The van der Waals surface area contributed by atoms with Crippen LogP contribution in [-0.2, 0) is 13.6 Å². The van der Waals surface area contributed by atoms with E-state index < -0.39 is 11.8 Å². The molecule has 2 aromatic heterocycles. The van der Waals surface area contributed by atoms with Crippen molar-refractivity contribution in [1.29, 1.82) is 5.26 Å². The number of carbonyl (C=O) groups is 2. The molecule has 39 heavy (non-hydrogen) atoms. The van der Waals surface area contributed by atoms with Crippen LogP contribution < -0.4 is 16.6 Å². The molecule has 0 aliphatic carbocycles. The number of carbonyl (C=O) groups excluding carboxylic acids is 2. The van der Waals surface area contributed by atoms with Gasteiger partial charge in [-0.05, 0) is 55.3 Å². The largest absolute Gasteiger partial charge is 0.381 e. The normalized spacial score (nSPS) is 10.9. The number of aryl methyl sites for hydroxylation is 3. The van der Waals surface area contributed by atoms with E-state index in [1.807, 2.05) is 47.9 Å². The number of benzene rings is 3. The Labute approximate surface area is 223 Å². The quantitative estimate of drug-likeness (QED) is 0.332. The van der Waals surface area contributed by atoms with Crippen LogP contribution in [0.15, 0.2) is 76.0 Å². The fraction of sp³-hybridized carbons (Fsp3) is 0.133. The number of nitrogens with one attached hydrogen (secondary N) is 1. The molecular formula is C30H25N5O4. The van der Waals surface area contributed by atoms with E-state index in [1.54, 1.807) is 38.2 Å². The maximum atomic E-state index is 13.5. The lowest BCUT2D eigenvalue weighted by Gasteiger charge is -2.13. The van der Waals surface area contributed by atoms with Gasteiger partial charge in [-0.25, -0.2) is 0 Å². The van der Waals surface area contributed by atoms with Gasteiger partial charge in [0.2, 0.25) is 5.91 Å². The lowest BCUT2D eigenvalue weighted by molar-refractivity contribution is 0.0996. The molecule has 0 radical (unpaired) electrons. The Bertz CT molecular complexity index is 1870. The molecular weight excluding hydrogens is 494 g/mol. The smallest absolute Gasteiger partial charge is 0.290 e. The molecule has 0 bridgehead atoms. The van der Waals surface area contributed by atoms with Gasteiger partial charge in [0.05, 0.1) is 22.2 Å². The van der Waals surface area contributed by atoms with Crippen LogP contribution in [0.5, 0.6) is 0 Å². The molecule has 0 saturated carbocycles. The molecule has 2 amide bonds. The van der Waals surface area contributed by atoms with Gasteiger partial charge < -0.3 is 20.1 Å². The molecule has 5 aromatic rings. The third-order valence-corrected chi connectivity index (χ3v) is 6.73. The summed E-state index contributed by atoms with van der Waals surface area (Å²) in [6, 6.07) is 21.5. The Morgan fingerprint density at radius 3 is 2.38 bits per heavy atom. The summed E-state index contributed by atoms with van der Waals surface area (Å²) in [7, 11) is 1.57. The van der Waals surface area contributed by atoms with Crippen LogP contribution in [0.25, 0.3) is 33.3 Å². The average molecular weight is 520 g/mol. The first-order chi connectivity index (χ1) is 18.7. The second-order valence-electron chi connectivity index (χ2n) is 9.11. The number of hydrogen-bond donors (Lipinski definition) is 2. The first kappa shape index (κ1) is 25.3. The van der Waals surface area contributed by atoms with E-state index in [2.05, 4.69) is 11.4 Å². The molecule has 0 spiro atoms. The van der Waals surface area contributed by atoms with Crippen molar-refractivity contribution in [1.82, 2.24) is 9.31 Å². The van der Waals surface area contributed by atoms with Gasteiger partial charge in [0.25, 0.3) is 11.5 Å². The van der Waals surface area contributed by atoms with Gasteiger partial charge in [0, 0.05) is 35.9 Å². The molecule has 5 rings (SSSR count). The zero-order valence-corrected chi connectivity index (χ0v) is 21.6. The van der Waals surface area contributed by atoms with Crippen LogP contribution in [-0.4, -0.2) is 21.1 Å². The van der Waals surface area contributed by atoms with Crippen LogP contribution in [0.2, 0.25) is 0 Å². The Hall–Kier alpha value is -5.36. The number of primary amides is 1. The first-order valence-corrected chi connectivity index (χ1v) is 12.3. The topological polar surface area (TPSA) is 136 Å². The number of nitrogens with zero attached hydrogens (tertiary/aromatic N) is 3. The van der Waals surface area contributed by atoms with Crippen molar-refractivity contribution in [2.45, 2.75) is 20.4 Å². The number of fused-ring (bicyclic) bond motifs is 1. The summed E-state index contributed by atoms with van der Waals surface area (Å²) >= 11 is 0. The summed E-state index contributed by atoms with van der Waals surface area (Å²) in [5, 5.41) is 13.5. The van der Waals surface area contributed by atoms with Crippen molar-refractivity contribution < 1.29 is 14.1 Å². The minimum absolute atomic E-state index is 0.205. The molecule has 3 aromatic carbocycles. The summed E-state index contributed by atoms with van der Waals surface area (Å²) in [6.45, 7) is 4.25. The van der Waals surface area contributed by atoms with Gasteiger partial charge in [0.15, 0.2) is 0 Å². The average Bonchev–Trinajstić information content (AvgIpc) is 3.43. The standard InChI is InChI=1S/C30H25N5O4/c1-4-35-24(18-8-10-19(11-9-18)25-17(2)39-34(3)30(25)38)15-20-12-13-22(16-31)26(27(20)35)29(37)33-23-7-5-6-21(14-23)28(32)36/h5-15H,4H2,1-3H3,(H2,32,36)(H,33,37). The van der Waals surface area contributed by atoms with Gasteiger partial charge in [-0.3, -0.25) is 14.4 Å². The van der Waals surface area contributed by atoms with Crippen LogP contribution in [0.4, 0.5) is 5.69 Å². The summed E-state index contributed by atoms with van der Waals surface area (Å²) < 4.78 is 8.62. The van der Waals surface area contributed by atoms with Crippen LogP contribution >= 0.6 is 0 Å². The molecule has 9 nitrogen and oxygen atoms in total. The fourth-order valence-electron chi connectivity index (χ4n) is 4.93. The third-order valence-electron chi connectivity index (χ3n) is 6.73. The molecule has 0 aliphatic heterocycles. The van der Waals surface area contributed by atoms with E-state index >= 15 is 0 Å². The zero-order chi connectivity index (χ0) is 27.8. The minimum atomic E-state index is -0.607. The Morgan fingerprint density at radius 1 is 1.05 bits per heavy atom. The zero-order valence-electron chi connectivity index (χ0n) is 21.6. The van der Waals surface area contributed by atoms with Crippen molar-refractivity contribution in [3.63, 3.8) is 0 Å². The van der Waals surface area contributed by atoms with Crippen molar-refractivity contribution in [3.05, 3.63) is 99.5 Å². The predicted molar refractivity (Wildman–Crippen MR) is 148 cm³/mol. The highest BCUT2D eigenvalue weighted by molar-refractivity contribution is 6.15. The van der Waals surface area contributed by atoms with Gasteiger partial charge in [0.1, 0.15) is 11.8 Å². The van der Waals surface area contributed by atoms with E-state index in [1.165, 1.54) is 10.8 Å². The number of anilines is 1. The monoisotopic (exact) mass is 519 g/mol. The Kier molecular flexibility index (Phi) is 6.38. The first-order valence-electron chi connectivity index (χ1n) is 12.3. The summed E-state index contributed by atoms with van der Waals surface area (Å²) in [5.41, 5.74) is 9.92. The Balaban J connectivity index is 1.60. The minimum Gasteiger partial charge on any atom is -0.381 e. The van der Waals surface area contributed by atoms with Gasteiger partial charge in [-0.2, -0.15) is 10.0 Å². The second-order valence-corrected chi connectivity index (χ2v) is 9.11. The molecule has 0 saturated heterocycles. The number of hydrogen-bond acceptors (Lipinski definition) is 5. The molecule has 2 heterocycles. The van der Waals surface area contributed by atoms with Crippen LogP contribution in [0, 0.1) is 18.3 Å². The highest BCUT2D eigenvalue weighted by Crippen LogP contribution is 2.33. The number of aromatic nitrogens is 2. The molecule has 0 atom stereocenters. The lowest BCUT2D eigenvalue weighted by Crippen LogP contribution is -2.17. The highest BCUT2D eigenvalue weighted by Gasteiger charge is 2.22. The maximum absolute atomic E-state index is 13.5. The number of nitriles is 1. The number of amides is 2. The molecule has 0 fully saturated rings. The SMILES string of the molecule is CCn1c(-c2ccc(-c3c(C)on(C)c3=O)cc2)cc2ccc(C#N)c(C(=O)Nc3cccc(C(N)=O)c3)c21. The summed E-state index contributed by atoms with van der Waals surface area (Å²) in [4.78, 5) is 37.6. The maximum Gasteiger partial charge on any atom is 0.290 e. The molecule has 3 N–H and O–H groups in total. The van der Waals surface area contributed by atoms with Crippen LogP contribution in [0.1, 0.15) is 39.0 Å². The molecule has 9 heteroatoms. The molecule has 0 aliphatic rings. The number of nitrogens with two attached hydrogens (primary N) is 1. The highest BCUT2D eigenvalue weighted by atomic mass is 16.5. The predicted octanol–water partition coefficient (Wildman–Crippen LogP) is 4.82. The van der Waals surface area contributed by atoms with Crippen molar-refractivity contribution in [2.75, 3.05) is 5.32 Å². The van der Waals surface area contributed by atoms with Gasteiger partial charge in [-0.15, -0.1) is 0 Å². The lowest BCUT2D eigenvalue weighted by atomic mass is 10.0.